The van der Waals surface area contributed by atoms with Gasteiger partial charge >= 0.3 is 0 Å². The predicted octanol–water partition coefficient (Wildman–Crippen LogP) is 4.49. The number of benzene rings is 2. The molecule has 2 heterocycles. The summed E-state index contributed by atoms with van der Waals surface area (Å²) >= 11 is 3.55. The molecular weight excluding hydrogens is 392 g/mol. The van der Waals surface area contributed by atoms with Crippen LogP contribution >= 0.6 is 15.9 Å². The molecule has 0 aliphatic rings. The average molecular weight is 407 g/mol. The molecule has 0 saturated carbocycles. The molecule has 26 heavy (non-hydrogen) atoms. The first-order chi connectivity index (χ1) is 12.7. The molecule has 5 nitrogen and oxygen atoms in total. The van der Waals surface area contributed by atoms with E-state index in [4.69, 9.17) is 0 Å². The van der Waals surface area contributed by atoms with Crippen molar-refractivity contribution < 1.29 is 4.79 Å². The summed E-state index contributed by atoms with van der Waals surface area (Å²) in [5, 5.41) is 8.11. The third-order valence-electron chi connectivity index (χ3n) is 4.13. The summed E-state index contributed by atoms with van der Waals surface area (Å²) in [6.45, 7) is 0.557. The van der Waals surface area contributed by atoms with Gasteiger partial charge in [-0.15, -0.1) is 0 Å². The molecule has 128 valence electrons. The number of carbonyl (C=O) groups is 1. The summed E-state index contributed by atoms with van der Waals surface area (Å²) in [6, 6.07) is 19.1. The third kappa shape index (κ3) is 3.23. The average Bonchev–Trinajstić information content (AvgIpc) is 3.10. The number of para-hydroxylation sites is 1. The van der Waals surface area contributed by atoms with Crippen molar-refractivity contribution in [1.82, 2.24) is 14.8 Å². The van der Waals surface area contributed by atoms with Crippen LogP contribution in [0, 0.1) is 0 Å². The van der Waals surface area contributed by atoms with Crippen LogP contribution in [0.5, 0.6) is 0 Å². The van der Waals surface area contributed by atoms with E-state index >= 15 is 0 Å². The van der Waals surface area contributed by atoms with Gasteiger partial charge in [0.15, 0.2) is 0 Å². The Hall–Kier alpha value is -2.99. The lowest BCUT2D eigenvalue weighted by atomic mass is 10.1. The molecule has 4 aromatic rings. The number of carbonyl (C=O) groups excluding carboxylic acids is 1. The molecule has 1 N–H and O–H groups in total. The molecular formula is C20H15BrN4O. The molecule has 4 rings (SSSR count). The number of amides is 1. The number of rotatable bonds is 4. The van der Waals surface area contributed by atoms with Crippen LogP contribution in [-0.2, 0) is 6.54 Å². The monoisotopic (exact) mass is 406 g/mol. The number of nitrogens with one attached hydrogen (secondary N) is 1. The maximum Gasteiger partial charge on any atom is 0.257 e. The van der Waals surface area contributed by atoms with E-state index in [1.807, 2.05) is 48.5 Å². The Bertz CT molecular complexity index is 1080. The lowest BCUT2D eigenvalue weighted by Crippen LogP contribution is -2.16. The third-order valence-corrected chi connectivity index (χ3v) is 4.90. The second-order valence-corrected chi connectivity index (χ2v) is 6.65. The highest BCUT2D eigenvalue weighted by Crippen LogP contribution is 2.20. The quantitative estimate of drug-likeness (QED) is 0.542. The van der Waals surface area contributed by atoms with Gasteiger partial charge in [0.1, 0.15) is 5.82 Å². The van der Waals surface area contributed by atoms with Crippen LogP contribution in [0.2, 0.25) is 0 Å². The topological polar surface area (TPSA) is 59.8 Å². The first-order valence-corrected chi connectivity index (χ1v) is 8.92. The smallest absolute Gasteiger partial charge is 0.257 e. The fourth-order valence-electron chi connectivity index (χ4n) is 2.83. The molecule has 6 heteroatoms. The molecule has 0 unspecified atom stereocenters. The van der Waals surface area contributed by atoms with E-state index < -0.39 is 0 Å². The summed E-state index contributed by atoms with van der Waals surface area (Å²) in [7, 11) is 0. The second kappa shape index (κ2) is 7.09. The first kappa shape index (κ1) is 16.5. The van der Waals surface area contributed by atoms with Crippen molar-refractivity contribution in [2.45, 2.75) is 6.54 Å². The van der Waals surface area contributed by atoms with Crippen molar-refractivity contribution in [3.63, 3.8) is 0 Å². The minimum Gasteiger partial charge on any atom is -0.307 e. The molecule has 0 spiro atoms. The van der Waals surface area contributed by atoms with E-state index in [-0.39, 0.29) is 5.91 Å². The normalized spacial score (nSPS) is 10.8. The minimum absolute atomic E-state index is 0.183. The van der Waals surface area contributed by atoms with Crippen LogP contribution < -0.4 is 5.32 Å². The Morgan fingerprint density at radius 1 is 1.00 bits per heavy atom. The fraction of sp³-hybridized carbons (Fsp3) is 0.0500. The van der Waals surface area contributed by atoms with Gasteiger partial charge in [-0.05, 0) is 23.8 Å². The lowest BCUT2D eigenvalue weighted by Gasteiger charge is -2.11. The molecule has 0 fully saturated rings. The van der Waals surface area contributed by atoms with Gasteiger partial charge in [0.2, 0.25) is 0 Å². The Balaban J connectivity index is 1.61. The van der Waals surface area contributed by atoms with Gasteiger partial charge in [-0.2, -0.15) is 5.10 Å². The van der Waals surface area contributed by atoms with Crippen LogP contribution in [0.15, 0.2) is 77.5 Å². The molecule has 0 radical (unpaired) electrons. The van der Waals surface area contributed by atoms with Gasteiger partial charge in [0, 0.05) is 22.1 Å². The first-order valence-electron chi connectivity index (χ1n) is 8.13. The summed E-state index contributed by atoms with van der Waals surface area (Å²) in [5.41, 5.74) is 2.46. The SMILES string of the molecule is O=C(Nc1ccnn1Cc1ccccc1Br)c1ccnc2ccccc12. The van der Waals surface area contributed by atoms with E-state index in [1.165, 1.54) is 0 Å². The highest BCUT2D eigenvalue weighted by molar-refractivity contribution is 9.10. The van der Waals surface area contributed by atoms with Gasteiger partial charge in [-0.3, -0.25) is 9.78 Å². The van der Waals surface area contributed by atoms with Crippen molar-refractivity contribution in [1.29, 1.82) is 0 Å². The number of anilines is 1. The van der Waals surface area contributed by atoms with Crippen LogP contribution in [0.1, 0.15) is 15.9 Å². The maximum atomic E-state index is 12.8. The Labute approximate surface area is 158 Å². The molecule has 0 atom stereocenters. The molecule has 1 amide bonds. The highest BCUT2D eigenvalue weighted by Gasteiger charge is 2.13. The van der Waals surface area contributed by atoms with Crippen molar-refractivity contribution in [2.75, 3.05) is 5.32 Å². The largest absolute Gasteiger partial charge is 0.307 e. The van der Waals surface area contributed by atoms with Crippen molar-refractivity contribution in [2.24, 2.45) is 0 Å². The molecule has 0 aliphatic carbocycles. The second-order valence-electron chi connectivity index (χ2n) is 5.80. The van der Waals surface area contributed by atoms with E-state index in [0.717, 1.165) is 20.9 Å². The predicted molar refractivity (Wildman–Crippen MR) is 105 cm³/mol. The summed E-state index contributed by atoms with van der Waals surface area (Å²) in [4.78, 5) is 17.1. The molecule has 0 bridgehead atoms. The molecule has 0 aliphatic heterocycles. The Morgan fingerprint density at radius 3 is 2.69 bits per heavy atom. The number of pyridine rings is 1. The summed E-state index contributed by atoms with van der Waals surface area (Å²) in [5.74, 6) is 0.462. The number of halogens is 1. The number of fused-ring (bicyclic) bond motifs is 1. The van der Waals surface area contributed by atoms with E-state index in [2.05, 4.69) is 31.3 Å². The van der Waals surface area contributed by atoms with Gasteiger partial charge in [0.25, 0.3) is 5.91 Å². The zero-order valence-corrected chi connectivity index (χ0v) is 15.3. The van der Waals surface area contributed by atoms with Gasteiger partial charge < -0.3 is 5.32 Å². The van der Waals surface area contributed by atoms with Crippen LogP contribution in [0.25, 0.3) is 10.9 Å². The fourth-order valence-corrected chi connectivity index (χ4v) is 3.24. The summed E-state index contributed by atoms with van der Waals surface area (Å²) in [6.07, 6.45) is 3.33. The van der Waals surface area contributed by atoms with Crippen LogP contribution in [0.4, 0.5) is 5.82 Å². The molecule has 2 aromatic heterocycles. The molecule has 2 aromatic carbocycles. The number of nitrogens with zero attached hydrogens (tertiary/aromatic N) is 3. The van der Waals surface area contributed by atoms with Crippen LogP contribution in [-0.4, -0.2) is 20.7 Å². The van der Waals surface area contributed by atoms with E-state index in [9.17, 15) is 4.79 Å². The summed E-state index contributed by atoms with van der Waals surface area (Å²) < 4.78 is 2.77. The zero-order chi connectivity index (χ0) is 17.9. The zero-order valence-electron chi connectivity index (χ0n) is 13.8. The number of aromatic nitrogens is 3. The Morgan fingerprint density at radius 2 is 1.81 bits per heavy atom. The van der Waals surface area contributed by atoms with Crippen LogP contribution in [0.3, 0.4) is 0 Å². The van der Waals surface area contributed by atoms with Crippen molar-refractivity contribution >= 4 is 38.6 Å². The Kier molecular flexibility index (Phi) is 4.50. The minimum atomic E-state index is -0.183. The maximum absolute atomic E-state index is 12.8. The van der Waals surface area contributed by atoms with E-state index in [1.54, 1.807) is 29.2 Å². The molecule has 0 saturated heterocycles. The standard InChI is InChI=1S/C20H15BrN4O/c21-17-7-3-1-5-14(17)13-25-19(10-12-23-25)24-20(26)16-9-11-22-18-8-4-2-6-15(16)18/h1-12H,13H2,(H,24,26). The van der Waals surface area contributed by atoms with Gasteiger partial charge in [0.05, 0.1) is 23.8 Å². The van der Waals surface area contributed by atoms with E-state index in [0.29, 0.717) is 17.9 Å². The number of hydrogen-bond acceptors (Lipinski definition) is 3. The van der Waals surface area contributed by atoms with Crippen molar-refractivity contribution in [3.8, 4) is 0 Å². The lowest BCUT2D eigenvalue weighted by molar-refractivity contribution is 0.102. The number of hydrogen-bond donors (Lipinski definition) is 1. The van der Waals surface area contributed by atoms with Crippen molar-refractivity contribution in [3.05, 3.63) is 88.7 Å². The van der Waals surface area contributed by atoms with Gasteiger partial charge in [-0.1, -0.05) is 52.3 Å². The highest BCUT2D eigenvalue weighted by atomic mass is 79.9. The van der Waals surface area contributed by atoms with Gasteiger partial charge in [-0.25, -0.2) is 4.68 Å².